The van der Waals surface area contributed by atoms with Gasteiger partial charge in [-0.2, -0.15) is 0 Å². The van der Waals surface area contributed by atoms with Gasteiger partial charge >= 0.3 is 0 Å². The second-order valence-electron chi connectivity index (χ2n) is 5.02. The van der Waals surface area contributed by atoms with Crippen molar-refractivity contribution in [3.8, 4) is 5.75 Å². The fourth-order valence-corrected chi connectivity index (χ4v) is 2.23. The molecule has 1 aromatic rings. The first-order chi connectivity index (χ1) is 8.65. The van der Waals surface area contributed by atoms with E-state index in [-0.39, 0.29) is 17.7 Å². The Bertz CT molecular complexity index is 403. The van der Waals surface area contributed by atoms with Gasteiger partial charge in [0.15, 0.2) is 0 Å². The van der Waals surface area contributed by atoms with Crippen molar-refractivity contribution >= 4 is 5.91 Å². The molecular formula is C14H20N2O2. The largest absolute Gasteiger partial charge is 0.508 e. The summed E-state index contributed by atoms with van der Waals surface area (Å²) in [4.78, 5) is 12.0. The smallest absolute Gasteiger partial charge is 0.237 e. The molecule has 2 atom stereocenters. The maximum Gasteiger partial charge on any atom is 0.237 e. The Labute approximate surface area is 107 Å². The number of amides is 1. The SMILES string of the molecule is CC1CCNC(C(=O)NCc2ccc(O)cc2)C1. The molecule has 1 saturated heterocycles. The molecule has 0 aliphatic carbocycles. The first-order valence-corrected chi connectivity index (χ1v) is 6.44. The molecule has 0 bridgehead atoms. The number of aromatic hydroxyl groups is 1. The van der Waals surface area contributed by atoms with Crippen molar-refractivity contribution in [1.82, 2.24) is 10.6 Å². The Morgan fingerprint density at radius 3 is 2.83 bits per heavy atom. The van der Waals surface area contributed by atoms with Gasteiger partial charge in [0.1, 0.15) is 5.75 Å². The van der Waals surface area contributed by atoms with E-state index in [1.807, 2.05) is 12.1 Å². The van der Waals surface area contributed by atoms with E-state index < -0.39 is 0 Å². The molecule has 0 saturated carbocycles. The molecule has 0 spiro atoms. The average molecular weight is 248 g/mol. The van der Waals surface area contributed by atoms with E-state index in [1.165, 1.54) is 0 Å². The fraction of sp³-hybridized carbons (Fsp3) is 0.500. The van der Waals surface area contributed by atoms with Crippen LogP contribution in [0.3, 0.4) is 0 Å². The van der Waals surface area contributed by atoms with Gasteiger partial charge in [0.25, 0.3) is 0 Å². The predicted octanol–water partition coefficient (Wildman–Crippen LogP) is 1.40. The number of rotatable bonds is 3. The van der Waals surface area contributed by atoms with E-state index in [0.29, 0.717) is 12.5 Å². The van der Waals surface area contributed by atoms with Gasteiger partial charge in [-0.1, -0.05) is 19.1 Å². The number of hydrogen-bond acceptors (Lipinski definition) is 3. The highest BCUT2D eigenvalue weighted by Gasteiger charge is 2.23. The van der Waals surface area contributed by atoms with Gasteiger partial charge in [-0.25, -0.2) is 0 Å². The van der Waals surface area contributed by atoms with E-state index in [2.05, 4.69) is 17.6 Å². The first-order valence-electron chi connectivity index (χ1n) is 6.44. The van der Waals surface area contributed by atoms with Crippen molar-refractivity contribution in [2.24, 2.45) is 5.92 Å². The van der Waals surface area contributed by atoms with Crippen LogP contribution >= 0.6 is 0 Å². The zero-order chi connectivity index (χ0) is 13.0. The van der Waals surface area contributed by atoms with Crippen molar-refractivity contribution in [2.45, 2.75) is 32.4 Å². The van der Waals surface area contributed by atoms with Crippen LogP contribution in [0.1, 0.15) is 25.3 Å². The Hall–Kier alpha value is -1.55. The van der Waals surface area contributed by atoms with E-state index in [0.717, 1.165) is 24.9 Å². The Morgan fingerprint density at radius 2 is 2.17 bits per heavy atom. The summed E-state index contributed by atoms with van der Waals surface area (Å²) in [5, 5.41) is 15.3. The molecule has 3 N–H and O–H groups in total. The molecule has 1 amide bonds. The number of nitrogens with one attached hydrogen (secondary N) is 2. The molecule has 1 fully saturated rings. The summed E-state index contributed by atoms with van der Waals surface area (Å²) in [5.41, 5.74) is 0.991. The van der Waals surface area contributed by atoms with Crippen LogP contribution in [-0.4, -0.2) is 23.6 Å². The second-order valence-corrected chi connectivity index (χ2v) is 5.02. The van der Waals surface area contributed by atoms with Gasteiger partial charge in [-0.3, -0.25) is 4.79 Å². The van der Waals surface area contributed by atoms with Crippen molar-refractivity contribution < 1.29 is 9.90 Å². The summed E-state index contributed by atoms with van der Waals surface area (Å²) in [6.07, 6.45) is 2.04. The van der Waals surface area contributed by atoms with Crippen molar-refractivity contribution in [2.75, 3.05) is 6.54 Å². The van der Waals surface area contributed by atoms with Crippen LogP contribution in [-0.2, 0) is 11.3 Å². The lowest BCUT2D eigenvalue weighted by molar-refractivity contribution is -0.124. The molecule has 18 heavy (non-hydrogen) atoms. The lowest BCUT2D eigenvalue weighted by Gasteiger charge is -2.27. The standard InChI is InChI=1S/C14H20N2O2/c1-10-6-7-15-13(8-10)14(18)16-9-11-2-4-12(17)5-3-11/h2-5,10,13,15,17H,6-9H2,1H3,(H,16,18). The minimum Gasteiger partial charge on any atom is -0.508 e. The van der Waals surface area contributed by atoms with Gasteiger partial charge in [0.05, 0.1) is 6.04 Å². The van der Waals surface area contributed by atoms with E-state index >= 15 is 0 Å². The maximum absolute atomic E-state index is 12.0. The Balaban J connectivity index is 1.82. The van der Waals surface area contributed by atoms with Gasteiger partial charge in [-0.05, 0) is 43.0 Å². The van der Waals surface area contributed by atoms with Crippen LogP contribution in [0.25, 0.3) is 0 Å². The fourth-order valence-electron chi connectivity index (χ4n) is 2.23. The Kier molecular flexibility index (Phi) is 4.20. The van der Waals surface area contributed by atoms with Crippen LogP contribution in [0.5, 0.6) is 5.75 Å². The van der Waals surface area contributed by atoms with Crippen molar-refractivity contribution in [1.29, 1.82) is 0 Å². The molecule has 4 heteroatoms. The quantitative estimate of drug-likeness (QED) is 0.757. The highest BCUT2D eigenvalue weighted by atomic mass is 16.3. The molecule has 0 aromatic heterocycles. The number of carbonyl (C=O) groups is 1. The lowest BCUT2D eigenvalue weighted by atomic mass is 9.94. The van der Waals surface area contributed by atoms with E-state index in [1.54, 1.807) is 12.1 Å². The molecule has 1 aliphatic rings. The molecule has 2 rings (SSSR count). The van der Waals surface area contributed by atoms with E-state index in [4.69, 9.17) is 5.11 Å². The third-order valence-electron chi connectivity index (χ3n) is 3.39. The van der Waals surface area contributed by atoms with Gasteiger partial charge in [0.2, 0.25) is 5.91 Å². The highest BCUT2D eigenvalue weighted by Crippen LogP contribution is 2.15. The van der Waals surface area contributed by atoms with Gasteiger partial charge < -0.3 is 15.7 Å². The first kappa shape index (κ1) is 12.9. The zero-order valence-corrected chi connectivity index (χ0v) is 10.6. The molecule has 2 unspecified atom stereocenters. The third-order valence-corrected chi connectivity index (χ3v) is 3.39. The van der Waals surface area contributed by atoms with Gasteiger partial charge in [-0.15, -0.1) is 0 Å². The van der Waals surface area contributed by atoms with Crippen LogP contribution in [0.15, 0.2) is 24.3 Å². The summed E-state index contributed by atoms with van der Waals surface area (Å²) in [5.74, 6) is 0.915. The third kappa shape index (κ3) is 3.47. The monoisotopic (exact) mass is 248 g/mol. The topological polar surface area (TPSA) is 61.4 Å². The van der Waals surface area contributed by atoms with Crippen molar-refractivity contribution in [3.05, 3.63) is 29.8 Å². The summed E-state index contributed by atoms with van der Waals surface area (Å²) in [6, 6.07) is 6.81. The van der Waals surface area contributed by atoms with Gasteiger partial charge in [0, 0.05) is 6.54 Å². The minimum atomic E-state index is -0.0640. The molecule has 4 nitrogen and oxygen atoms in total. The molecule has 98 valence electrons. The number of phenolic OH excluding ortho intramolecular Hbond substituents is 1. The summed E-state index contributed by atoms with van der Waals surface area (Å²) in [7, 11) is 0. The van der Waals surface area contributed by atoms with Crippen LogP contribution in [0.2, 0.25) is 0 Å². The number of piperidine rings is 1. The summed E-state index contributed by atoms with van der Waals surface area (Å²) >= 11 is 0. The highest BCUT2D eigenvalue weighted by molar-refractivity contribution is 5.81. The number of hydrogen-bond donors (Lipinski definition) is 3. The molecule has 1 aromatic carbocycles. The average Bonchev–Trinajstić information content (AvgIpc) is 2.38. The van der Waals surface area contributed by atoms with Crippen LogP contribution < -0.4 is 10.6 Å². The summed E-state index contributed by atoms with van der Waals surface area (Å²) < 4.78 is 0. The number of carbonyl (C=O) groups excluding carboxylic acids is 1. The normalized spacial score (nSPS) is 23.6. The van der Waals surface area contributed by atoms with E-state index in [9.17, 15) is 4.79 Å². The molecule has 1 heterocycles. The maximum atomic E-state index is 12.0. The summed E-state index contributed by atoms with van der Waals surface area (Å²) in [6.45, 7) is 3.60. The number of benzene rings is 1. The van der Waals surface area contributed by atoms with Crippen molar-refractivity contribution in [3.63, 3.8) is 0 Å². The van der Waals surface area contributed by atoms with Crippen LogP contribution in [0.4, 0.5) is 0 Å². The molecular weight excluding hydrogens is 228 g/mol. The molecule has 1 aliphatic heterocycles. The minimum absolute atomic E-state index is 0.0640. The second kappa shape index (κ2) is 5.87. The lowest BCUT2D eigenvalue weighted by Crippen LogP contribution is -2.48. The predicted molar refractivity (Wildman–Crippen MR) is 70.1 cm³/mol. The zero-order valence-electron chi connectivity index (χ0n) is 10.6. The molecule has 0 radical (unpaired) electrons. The number of phenols is 1. The van der Waals surface area contributed by atoms with Crippen LogP contribution in [0, 0.1) is 5.92 Å². The Morgan fingerprint density at radius 1 is 1.44 bits per heavy atom.